The Hall–Kier alpha value is -3.93. The standard InChI is InChI=1S/C54H84O6/c1-4-7-10-22-31-40-49-43-34-25-16-13-19-29-38-47-53(56)59-51(42-33-24-12-9-6-3)45-36-27-18-15-21-30-39-48-54(57)60-50(41-32-23-11-8-5-2)44-35-26-17-14-20-28-37-46-52(55)58-49/h7-12,31-36,40-45,49-51H,4-6,13-30,37-39,46-48H2,1-3H3/b10-7-,11-8-,12-9-,40-31-,41-32-,42-33-,43-34-,44-35-,45-36-/t49-,50-,51-/m0/s1. The number of esters is 3. The lowest BCUT2D eigenvalue weighted by Gasteiger charge is -2.11. The summed E-state index contributed by atoms with van der Waals surface area (Å²) in [5.41, 5.74) is 0. The van der Waals surface area contributed by atoms with Crippen molar-refractivity contribution in [1.29, 1.82) is 0 Å². The minimum Gasteiger partial charge on any atom is -0.454 e. The first-order valence-corrected chi connectivity index (χ1v) is 24.0. The Labute approximate surface area is 367 Å². The van der Waals surface area contributed by atoms with Crippen molar-refractivity contribution in [3.8, 4) is 0 Å². The van der Waals surface area contributed by atoms with Crippen LogP contribution in [0.1, 0.15) is 194 Å². The van der Waals surface area contributed by atoms with E-state index in [0.717, 1.165) is 154 Å². The fraction of sp³-hybridized carbons (Fsp3) is 0.611. The van der Waals surface area contributed by atoms with Gasteiger partial charge >= 0.3 is 17.9 Å². The molecule has 336 valence electrons. The van der Waals surface area contributed by atoms with E-state index in [9.17, 15) is 14.4 Å². The van der Waals surface area contributed by atoms with Crippen molar-refractivity contribution >= 4 is 17.9 Å². The van der Waals surface area contributed by atoms with Crippen molar-refractivity contribution in [3.05, 3.63) is 109 Å². The van der Waals surface area contributed by atoms with Gasteiger partial charge in [-0.05, 0) is 133 Å². The summed E-state index contributed by atoms with van der Waals surface area (Å²) in [6, 6.07) is 0. The van der Waals surface area contributed by atoms with Crippen LogP contribution in [0.2, 0.25) is 0 Å². The molecule has 0 aromatic carbocycles. The molecular formula is C54H84O6. The summed E-state index contributed by atoms with van der Waals surface area (Å²) in [5, 5.41) is 0. The van der Waals surface area contributed by atoms with Gasteiger partial charge in [0.05, 0.1) is 0 Å². The summed E-state index contributed by atoms with van der Waals surface area (Å²) in [5.74, 6) is -0.446. The second-order valence-electron chi connectivity index (χ2n) is 15.7. The van der Waals surface area contributed by atoms with Crippen molar-refractivity contribution in [2.45, 2.75) is 212 Å². The molecule has 0 amide bonds. The van der Waals surface area contributed by atoms with Gasteiger partial charge in [-0.25, -0.2) is 0 Å². The van der Waals surface area contributed by atoms with Crippen LogP contribution in [0.15, 0.2) is 109 Å². The van der Waals surface area contributed by atoms with Crippen LogP contribution in [0.3, 0.4) is 0 Å². The molecule has 0 saturated carbocycles. The average molecular weight is 829 g/mol. The topological polar surface area (TPSA) is 78.9 Å². The van der Waals surface area contributed by atoms with E-state index in [4.69, 9.17) is 14.2 Å². The number of allylic oxidation sites excluding steroid dienone is 12. The molecule has 6 nitrogen and oxygen atoms in total. The molecule has 60 heavy (non-hydrogen) atoms. The normalized spacial score (nSPS) is 24.2. The van der Waals surface area contributed by atoms with Crippen LogP contribution < -0.4 is 0 Å². The number of hydrogen-bond donors (Lipinski definition) is 0. The Morgan fingerprint density at radius 1 is 0.383 bits per heavy atom. The van der Waals surface area contributed by atoms with Crippen LogP contribution in [0.4, 0.5) is 0 Å². The summed E-state index contributed by atoms with van der Waals surface area (Å²) in [4.78, 5) is 38.3. The molecule has 3 atom stereocenters. The lowest BCUT2D eigenvalue weighted by atomic mass is 10.1. The van der Waals surface area contributed by atoms with E-state index in [1.165, 1.54) is 0 Å². The zero-order valence-corrected chi connectivity index (χ0v) is 38.2. The molecule has 1 aliphatic heterocycles. The first-order valence-electron chi connectivity index (χ1n) is 24.0. The molecule has 0 saturated heterocycles. The zero-order chi connectivity index (χ0) is 43.4. The SMILES string of the molecule is CC/C=C\C/C=C\[C@H]1/C=C\CCCCCCCC(=O)O[C@@H](/C=C\C/C=C\CC)/C=C\CCCCCCCC(=O)O[C@@H](/C=C\C/C=C\CC)/C=C\CCCCCCCC(=O)O1. The first-order chi connectivity index (χ1) is 29.5. The number of cyclic esters (lactones) is 3. The predicted molar refractivity (Wildman–Crippen MR) is 254 cm³/mol. The Bertz CT molecular complexity index is 1180. The highest BCUT2D eigenvalue weighted by Crippen LogP contribution is 2.15. The van der Waals surface area contributed by atoms with Crippen molar-refractivity contribution < 1.29 is 28.6 Å². The second-order valence-corrected chi connectivity index (χ2v) is 15.7. The maximum absolute atomic E-state index is 12.8. The monoisotopic (exact) mass is 829 g/mol. The van der Waals surface area contributed by atoms with Gasteiger partial charge in [0.2, 0.25) is 0 Å². The summed E-state index contributed by atoms with van der Waals surface area (Å²) in [6.45, 7) is 6.36. The lowest BCUT2D eigenvalue weighted by Crippen LogP contribution is -2.14. The van der Waals surface area contributed by atoms with Crippen molar-refractivity contribution in [2.75, 3.05) is 0 Å². The first kappa shape index (κ1) is 54.1. The molecule has 1 aliphatic rings. The lowest BCUT2D eigenvalue weighted by molar-refractivity contribution is -0.146. The fourth-order valence-electron chi connectivity index (χ4n) is 6.60. The van der Waals surface area contributed by atoms with Crippen LogP contribution in [0.5, 0.6) is 0 Å². The van der Waals surface area contributed by atoms with Crippen LogP contribution in [0, 0.1) is 0 Å². The van der Waals surface area contributed by atoms with Crippen molar-refractivity contribution in [1.82, 2.24) is 0 Å². The molecule has 0 fully saturated rings. The third-order valence-electron chi connectivity index (χ3n) is 10.0. The van der Waals surface area contributed by atoms with Gasteiger partial charge in [0.1, 0.15) is 18.3 Å². The van der Waals surface area contributed by atoms with Gasteiger partial charge in [-0.2, -0.15) is 0 Å². The van der Waals surface area contributed by atoms with E-state index in [2.05, 4.69) is 93.7 Å². The third kappa shape index (κ3) is 36.0. The molecule has 0 unspecified atom stereocenters. The average Bonchev–Trinajstić information content (AvgIpc) is 3.23. The summed E-state index contributed by atoms with van der Waals surface area (Å²) >= 11 is 0. The molecule has 0 aliphatic carbocycles. The second kappa shape index (κ2) is 41.8. The van der Waals surface area contributed by atoms with E-state index < -0.39 is 0 Å². The van der Waals surface area contributed by atoms with Gasteiger partial charge in [0, 0.05) is 19.3 Å². The van der Waals surface area contributed by atoms with E-state index in [1.54, 1.807) is 0 Å². The van der Waals surface area contributed by atoms with Crippen LogP contribution >= 0.6 is 0 Å². The smallest absolute Gasteiger partial charge is 0.306 e. The minimum absolute atomic E-state index is 0.149. The number of carbonyl (C=O) groups excluding carboxylic acids is 3. The molecular weight excluding hydrogens is 745 g/mol. The number of carbonyl (C=O) groups is 3. The summed E-state index contributed by atoms with van der Waals surface area (Å²) < 4.78 is 17.6. The van der Waals surface area contributed by atoms with E-state index in [1.807, 2.05) is 36.5 Å². The minimum atomic E-state index is -0.353. The third-order valence-corrected chi connectivity index (χ3v) is 10.0. The molecule has 0 radical (unpaired) electrons. The number of ether oxygens (including phenoxy) is 3. The van der Waals surface area contributed by atoms with E-state index in [-0.39, 0.29) is 36.2 Å². The van der Waals surface area contributed by atoms with Gasteiger partial charge in [0.25, 0.3) is 0 Å². The molecule has 0 aromatic heterocycles. The molecule has 1 heterocycles. The highest BCUT2D eigenvalue weighted by atomic mass is 16.5. The van der Waals surface area contributed by atoms with E-state index in [0.29, 0.717) is 19.3 Å². The molecule has 6 heteroatoms. The molecule has 1 rings (SSSR count). The molecule has 0 bridgehead atoms. The Kier molecular flexibility index (Phi) is 37.7. The number of hydrogen-bond acceptors (Lipinski definition) is 6. The van der Waals surface area contributed by atoms with Gasteiger partial charge in [-0.1, -0.05) is 151 Å². The van der Waals surface area contributed by atoms with Gasteiger partial charge < -0.3 is 14.2 Å². The Morgan fingerprint density at radius 2 is 0.650 bits per heavy atom. The molecule has 0 N–H and O–H groups in total. The van der Waals surface area contributed by atoms with Crippen LogP contribution in [-0.4, -0.2) is 36.2 Å². The van der Waals surface area contributed by atoms with Crippen molar-refractivity contribution in [2.24, 2.45) is 0 Å². The molecule has 0 aromatic rings. The maximum atomic E-state index is 12.8. The highest BCUT2D eigenvalue weighted by Gasteiger charge is 2.11. The fourth-order valence-corrected chi connectivity index (χ4v) is 6.60. The maximum Gasteiger partial charge on any atom is 0.306 e. The van der Waals surface area contributed by atoms with E-state index >= 15 is 0 Å². The summed E-state index contributed by atoms with van der Waals surface area (Å²) in [6.07, 6.45) is 61.2. The molecule has 0 spiro atoms. The van der Waals surface area contributed by atoms with Gasteiger partial charge in [-0.15, -0.1) is 0 Å². The Balaban J connectivity index is 2.88. The predicted octanol–water partition coefficient (Wildman–Crippen LogP) is 15.3. The number of rotatable bonds is 12. The van der Waals surface area contributed by atoms with Gasteiger partial charge in [-0.3, -0.25) is 14.4 Å². The highest BCUT2D eigenvalue weighted by molar-refractivity contribution is 5.70. The largest absolute Gasteiger partial charge is 0.454 e. The zero-order valence-electron chi connectivity index (χ0n) is 38.2. The quantitative estimate of drug-likeness (QED) is 0.111. The van der Waals surface area contributed by atoms with Gasteiger partial charge in [0.15, 0.2) is 0 Å². The van der Waals surface area contributed by atoms with Crippen LogP contribution in [0.25, 0.3) is 0 Å². The van der Waals surface area contributed by atoms with Crippen molar-refractivity contribution in [3.63, 3.8) is 0 Å². The Morgan fingerprint density at radius 3 is 0.933 bits per heavy atom. The summed E-state index contributed by atoms with van der Waals surface area (Å²) in [7, 11) is 0. The van der Waals surface area contributed by atoms with Crippen LogP contribution in [-0.2, 0) is 28.6 Å².